The van der Waals surface area contributed by atoms with Gasteiger partial charge in [-0.1, -0.05) is 20.8 Å². The molecule has 0 saturated carbocycles. The smallest absolute Gasteiger partial charge is 0.324 e. The number of carbonyl (C=O) groups excluding carboxylic acids is 1. The monoisotopic (exact) mass is 272 g/mol. The van der Waals surface area contributed by atoms with Gasteiger partial charge in [0, 0.05) is 6.42 Å². The van der Waals surface area contributed by atoms with Crippen molar-refractivity contribution in [3.63, 3.8) is 0 Å². The molecule has 1 atom stereocenters. The minimum Gasteiger partial charge on any atom is -0.324 e. The lowest BCUT2D eigenvalue weighted by molar-refractivity contribution is -0.141. The topological polar surface area (TPSA) is 74.6 Å². The Morgan fingerprint density at radius 1 is 1.29 bits per heavy atom. The minimum atomic E-state index is -4.71. The van der Waals surface area contributed by atoms with Crippen LogP contribution < -0.4 is 0 Å². The minimum absolute atomic E-state index is 0.0312. The first-order valence-corrected chi connectivity index (χ1v) is 7.21. The van der Waals surface area contributed by atoms with Crippen molar-refractivity contribution in [1.29, 1.82) is 0 Å². The van der Waals surface area contributed by atoms with Crippen LogP contribution in [0.2, 0.25) is 0 Å². The van der Waals surface area contributed by atoms with Crippen molar-refractivity contribution in [2.45, 2.75) is 39.5 Å². The highest BCUT2D eigenvalue weighted by Crippen LogP contribution is 2.38. The normalized spacial score (nSPS) is 15.1. The molecule has 0 aromatic heterocycles. The van der Waals surface area contributed by atoms with Gasteiger partial charge in [-0.25, -0.2) is 0 Å². The zero-order valence-corrected chi connectivity index (χ0v) is 11.1. The molecule has 0 radical (unpaired) electrons. The van der Waals surface area contributed by atoms with Gasteiger partial charge in [-0.05, 0) is 18.3 Å². The van der Waals surface area contributed by atoms with Crippen LogP contribution in [0.4, 0.5) is 8.78 Å². The van der Waals surface area contributed by atoms with Gasteiger partial charge in [0.25, 0.3) is 0 Å². The molecule has 0 aromatic rings. The van der Waals surface area contributed by atoms with E-state index in [-0.39, 0.29) is 18.3 Å². The summed E-state index contributed by atoms with van der Waals surface area (Å²) >= 11 is 0. The second kappa shape index (κ2) is 6.03. The summed E-state index contributed by atoms with van der Waals surface area (Å²) in [5.41, 5.74) is 0. The molecule has 0 bridgehead atoms. The molecule has 0 rings (SSSR count). The third-order valence-electron chi connectivity index (χ3n) is 2.81. The number of carbonyl (C=O) groups is 1. The van der Waals surface area contributed by atoms with Crippen LogP contribution >= 0.6 is 7.60 Å². The SMILES string of the molecule is CC(C)C(C)CCC(F)(F)C(=O)CP(=O)(O)O. The summed E-state index contributed by atoms with van der Waals surface area (Å²) in [5.74, 6) is -5.07. The van der Waals surface area contributed by atoms with Crippen molar-refractivity contribution in [1.82, 2.24) is 0 Å². The second-order valence-electron chi connectivity index (χ2n) is 4.71. The fourth-order valence-corrected chi connectivity index (χ4v) is 1.79. The van der Waals surface area contributed by atoms with Gasteiger partial charge in [-0.2, -0.15) is 8.78 Å². The lowest BCUT2D eigenvalue weighted by atomic mass is 9.91. The summed E-state index contributed by atoms with van der Waals surface area (Å²) in [4.78, 5) is 28.0. The maximum absolute atomic E-state index is 13.3. The number of ketones is 1. The third kappa shape index (κ3) is 6.86. The van der Waals surface area contributed by atoms with Crippen LogP contribution in [0, 0.1) is 11.8 Å². The van der Waals surface area contributed by atoms with E-state index in [1.54, 1.807) is 6.92 Å². The molecule has 0 aliphatic rings. The van der Waals surface area contributed by atoms with Gasteiger partial charge in [-0.3, -0.25) is 9.36 Å². The molecule has 0 aliphatic heterocycles. The predicted octanol–water partition coefficient (Wildman–Crippen LogP) is 2.44. The van der Waals surface area contributed by atoms with E-state index in [0.29, 0.717) is 0 Å². The molecule has 0 heterocycles. The molecule has 2 N–H and O–H groups in total. The number of halogens is 2. The van der Waals surface area contributed by atoms with E-state index in [1.165, 1.54) is 0 Å². The molecule has 0 spiro atoms. The van der Waals surface area contributed by atoms with Gasteiger partial charge in [0.1, 0.15) is 6.16 Å². The summed E-state index contributed by atoms with van der Waals surface area (Å²) in [7, 11) is -4.71. The Balaban J connectivity index is 4.38. The van der Waals surface area contributed by atoms with Gasteiger partial charge in [-0.15, -0.1) is 0 Å². The maximum Gasteiger partial charge on any atom is 0.333 e. The van der Waals surface area contributed by atoms with Crippen LogP contribution in [0.25, 0.3) is 0 Å². The molecule has 0 amide bonds. The van der Waals surface area contributed by atoms with E-state index >= 15 is 0 Å². The van der Waals surface area contributed by atoms with E-state index in [9.17, 15) is 18.1 Å². The van der Waals surface area contributed by atoms with Crippen molar-refractivity contribution >= 4 is 13.4 Å². The quantitative estimate of drug-likeness (QED) is 0.698. The molecular weight excluding hydrogens is 253 g/mol. The Morgan fingerprint density at radius 3 is 2.12 bits per heavy atom. The third-order valence-corrected chi connectivity index (χ3v) is 3.51. The van der Waals surface area contributed by atoms with E-state index in [2.05, 4.69) is 0 Å². The average Bonchev–Trinajstić information content (AvgIpc) is 2.11. The van der Waals surface area contributed by atoms with Gasteiger partial charge in [0.2, 0.25) is 5.78 Å². The van der Waals surface area contributed by atoms with Gasteiger partial charge in [0.05, 0.1) is 0 Å². The molecule has 4 nitrogen and oxygen atoms in total. The Labute approximate surface area is 99.6 Å². The van der Waals surface area contributed by atoms with Gasteiger partial charge in [0.15, 0.2) is 0 Å². The molecule has 1 unspecified atom stereocenters. The molecular formula is C10H19F2O4P. The van der Waals surface area contributed by atoms with Crippen LogP contribution in [-0.2, 0) is 9.36 Å². The molecule has 17 heavy (non-hydrogen) atoms. The highest BCUT2D eigenvalue weighted by atomic mass is 31.2. The Kier molecular flexibility index (Phi) is 5.91. The Hall–Kier alpha value is -0.320. The fraction of sp³-hybridized carbons (Fsp3) is 0.900. The summed E-state index contributed by atoms with van der Waals surface area (Å²) in [6, 6.07) is 0. The van der Waals surface area contributed by atoms with Crippen LogP contribution in [-0.4, -0.2) is 27.7 Å². The molecule has 0 aromatic carbocycles. The average molecular weight is 272 g/mol. The molecule has 0 aliphatic carbocycles. The number of alkyl halides is 2. The van der Waals surface area contributed by atoms with Crippen molar-refractivity contribution < 1.29 is 27.9 Å². The van der Waals surface area contributed by atoms with Crippen molar-refractivity contribution in [3.8, 4) is 0 Å². The fourth-order valence-electron chi connectivity index (χ4n) is 1.18. The predicted molar refractivity (Wildman–Crippen MR) is 60.1 cm³/mol. The van der Waals surface area contributed by atoms with E-state index in [4.69, 9.17) is 9.79 Å². The van der Waals surface area contributed by atoms with Gasteiger partial charge < -0.3 is 9.79 Å². The molecule has 0 saturated heterocycles. The first-order valence-electron chi connectivity index (χ1n) is 5.41. The summed E-state index contributed by atoms with van der Waals surface area (Å²) in [5, 5.41) is 0. The summed E-state index contributed by atoms with van der Waals surface area (Å²) < 4.78 is 37.0. The lowest BCUT2D eigenvalue weighted by Crippen LogP contribution is -2.32. The first-order chi connectivity index (χ1) is 7.46. The van der Waals surface area contributed by atoms with Crippen molar-refractivity contribution in [2.75, 3.05) is 6.16 Å². The molecule has 7 heteroatoms. The van der Waals surface area contributed by atoms with Crippen LogP contribution in [0.5, 0.6) is 0 Å². The zero-order valence-electron chi connectivity index (χ0n) is 10.2. The van der Waals surface area contributed by atoms with E-state index in [1.807, 2.05) is 13.8 Å². The maximum atomic E-state index is 13.3. The highest BCUT2D eigenvalue weighted by molar-refractivity contribution is 7.52. The molecule has 102 valence electrons. The van der Waals surface area contributed by atoms with Crippen LogP contribution in [0.3, 0.4) is 0 Å². The van der Waals surface area contributed by atoms with Gasteiger partial charge >= 0.3 is 13.5 Å². The van der Waals surface area contributed by atoms with Crippen molar-refractivity contribution in [3.05, 3.63) is 0 Å². The zero-order chi connectivity index (χ0) is 13.9. The molecule has 0 fully saturated rings. The number of hydrogen-bond acceptors (Lipinski definition) is 2. The van der Waals surface area contributed by atoms with Crippen LogP contribution in [0.1, 0.15) is 33.6 Å². The first kappa shape index (κ1) is 16.7. The number of hydrogen-bond donors (Lipinski definition) is 2. The van der Waals surface area contributed by atoms with Crippen LogP contribution in [0.15, 0.2) is 0 Å². The lowest BCUT2D eigenvalue weighted by Gasteiger charge is -2.20. The number of rotatable bonds is 7. The van der Waals surface area contributed by atoms with E-state index in [0.717, 1.165) is 0 Å². The van der Waals surface area contributed by atoms with Crippen molar-refractivity contribution in [2.24, 2.45) is 11.8 Å². The summed E-state index contributed by atoms with van der Waals surface area (Å²) in [6.07, 6.45) is -1.90. The Bertz CT molecular complexity index is 311. The Morgan fingerprint density at radius 2 is 1.76 bits per heavy atom. The highest BCUT2D eigenvalue weighted by Gasteiger charge is 2.41. The second-order valence-corrected chi connectivity index (χ2v) is 6.36. The standard InChI is InChI=1S/C10H19F2O4P/c1-7(2)8(3)4-5-10(11,12)9(13)6-17(14,15)16/h7-8H,4-6H2,1-3H3,(H2,14,15,16). The summed E-state index contributed by atoms with van der Waals surface area (Å²) in [6.45, 7) is 5.58. The number of Topliss-reactive ketones (excluding diaryl/α,β-unsaturated/α-hetero) is 1. The van der Waals surface area contributed by atoms with E-state index < -0.39 is 31.9 Å². The largest absolute Gasteiger partial charge is 0.333 e.